The summed E-state index contributed by atoms with van der Waals surface area (Å²) in [5.74, 6) is 2.81. The molecule has 1 heterocycles. The molecule has 2 atom stereocenters. The minimum absolute atomic E-state index is 0.215. The van der Waals surface area contributed by atoms with E-state index in [-0.39, 0.29) is 6.04 Å². The van der Waals surface area contributed by atoms with Crippen molar-refractivity contribution in [2.24, 2.45) is 12.0 Å². The van der Waals surface area contributed by atoms with Crippen LogP contribution in [0.1, 0.15) is 37.0 Å². The third-order valence-corrected chi connectivity index (χ3v) is 4.60. The van der Waals surface area contributed by atoms with Crippen LogP contribution in [0.25, 0.3) is 0 Å². The summed E-state index contributed by atoms with van der Waals surface area (Å²) in [4.78, 5) is 4.67. The Kier molecular flexibility index (Phi) is 7.59. The summed E-state index contributed by atoms with van der Waals surface area (Å²) in [6, 6.07) is 10.7. The van der Waals surface area contributed by atoms with Gasteiger partial charge in [0.15, 0.2) is 11.8 Å². The Morgan fingerprint density at radius 3 is 2.58 bits per heavy atom. The Bertz CT molecular complexity index is 697. The predicted molar refractivity (Wildman–Crippen MR) is 104 cm³/mol. The van der Waals surface area contributed by atoms with Gasteiger partial charge >= 0.3 is 0 Å². The smallest absolute Gasteiger partial charge is 0.192 e. The Morgan fingerprint density at radius 2 is 1.96 bits per heavy atom. The van der Waals surface area contributed by atoms with Crippen molar-refractivity contribution in [2.45, 2.75) is 39.3 Å². The number of aryl methyl sites for hydroxylation is 1. The van der Waals surface area contributed by atoms with E-state index in [1.54, 1.807) is 7.11 Å². The SMILES string of the molecule is COCCNC(=NCc1nnc(C)n1C)NC(C)C(C)c1ccccc1. The molecule has 7 nitrogen and oxygen atoms in total. The normalized spacial score (nSPS) is 14.1. The van der Waals surface area contributed by atoms with E-state index in [2.05, 4.69) is 63.9 Å². The molecule has 0 aliphatic heterocycles. The second-order valence-electron chi connectivity index (χ2n) is 6.44. The van der Waals surface area contributed by atoms with Crippen molar-refractivity contribution in [1.82, 2.24) is 25.4 Å². The first kappa shape index (κ1) is 19.9. The molecule has 2 N–H and O–H groups in total. The van der Waals surface area contributed by atoms with Crippen molar-refractivity contribution in [3.8, 4) is 0 Å². The van der Waals surface area contributed by atoms with Crippen LogP contribution in [0.4, 0.5) is 0 Å². The van der Waals surface area contributed by atoms with Gasteiger partial charge in [0.25, 0.3) is 0 Å². The second-order valence-corrected chi connectivity index (χ2v) is 6.44. The summed E-state index contributed by atoms with van der Waals surface area (Å²) < 4.78 is 7.08. The third-order valence-electron chi connectivity index (χ3n) is 4.60. The first-order valence-corrected chi connectivity index (χ1v) is 8.96. The third kappa shape index (κ3) is 5.56. The Morgan fingerprint density at radius 1 is 1.23 bits per heavy atom. The molecule has 0 fully saturated rings. The number of hydrogen-bond acceptors (Lipinski definition) is 4. The Labute approximate surface area is 155 Å². The lowest BCUT2D eigenvalue weighted by molar-refractivity contribution is 0.203. The molecule has 0 aliphatic rings. The molecule has 0 radical (unpaired) electrons. The average molecular weight is 358 g/mol. The summed E-state index contributed by atoms with van der Waals surface area (Å²) in [5, 5.41) is 15.1. The minimum Gasteiger partial charge on any atom is -0.383 e. The maximum Gasteiger partial charge on any atom is 0.192 e. The predicted octanol–water partition coefficient (Wildman–Crippen LogP) is 2.00. The number of nitrogens with one attached hydrogen (secondary N) is 2. The van der Waals surface area contributed by atoms with Crippen LogP contribution in [0.2, 0.25) is 0 Å². The van der Waals surface area contributed by atoms with Crippen LogP contribution in [0.5, 0.6) is 0 Å². The number of nitrogens with zero attached hydrogens (tertiary/aromatic N) is 4. The molecule has 7 heteroatoms. The van der Waals surface area contributed by atoms with Crippen molar-refractivity contribution in [1.29, 1.82) is 0 Å². The van der Waals surface area contributed by atoms with Gasteiger partial charge in [0.1, 0.15) is 12.4 Å². The number of ether oxygens (including phenoxy) is 1. The van der Waals surface area contributed by atoms with Crippen molar-refractivity contribution in [3.05, 3.63) is 47.5 Å². The van der Waals surface area contributed by atoms with Gasteiger partial charge in [0, 0.05) is 32.7 Å². The van der Waals surface area contributed by atoms with Crippen LogP contribution >= 0.6 is 0 Å². The van der Waals surface area contributed by atoms with Crippen LogP contribution < -0.4 is 10.6 Å². The molecule has 142 valence electrons. The first-order valence-electron chi connectivity index (χ1n) is 8.96. The number of benzene rings is 1. The highest BCUT2D eigenvalue weighted by Crippen LogP contribution is 2.18. The van der Waals surface area contributed by atoms with Gasteiger partial charge in [-0.05, 0) is 19.4 Å². The fraction of sp³-hybridized carbons (Fsp3) is 0.526. The lowest BCUT2D eigenvalue weighted by Crippen LogP contribution is -2.45. The maximum absolute atomic E-state index is 5.13. The molecule has 1 aromatic carbocycles. The van der Waals surface area contributed by atoms with E-state index in [0.717, 1.165) is 17.6 Å². The summed E-state index contributed by atoms with van der Waals surface area (Å²) in [6.45, 7) is 8.08. The number of guanidine groups is 1. The molecule has 0 aliphatic carbocycles. The standard InChI is InChI=1S/C19H30N6O/c1-14(17-9-7-6-8-10-17)15(2)22-19(20-11-12-26-5)21-13-18-24-23-16(3)25(18)4/h6-10,14-15H,11-13H2,1-5H3,(H2,20,21,22). The maximum atomic E-state index is 5.13. The highest BCUT2D eigenvalue weighted by molar-refractivity contribution is 5.80. The summed E-state index contributed by atoms with van der Waals surface area (Å²) in [7, 11) is 3.64. The minimum atomic E-state index is 0.215. The molecule has 0 bridgehead atoms. The number of aliphatic imine (C=N–C) groups is 1. The number of methoxy groups -OCH3 is 1. The van der Waals surface area contributed by atoms with E-state index in [0.29, 0.717) is 25.6 Å². The molecule has 2 rings (SSSR count). The van der Waals surface area contributed by atoms with Crippen LogP contribution in [-0.2, 0) is 18.3 Å². The molecule has 0 spiro atoms. The van der Waals surface area contributed by atoms with Crippen LogP contribution in [0, 0.1) is 6.92 Å². The topological polar surface area (TPSA) is 76.4 Å². The molecule has 2 unspecified atom stereocenters. The average Bonchev–Trinajstić information content (AvgIpc) is 2.98. The fourth-order valence-electron chi connectivity index (χ4n) is 2.55. The Balaban J connectivity index is 2.05. The zero-order valence-corrected chi connectivity index (χ0v) is 16.4. The van der Waals surface area contributed by atoms with Crippen molar-refractivity contribution < 1.29 is 4.74 Å². The van der Waals surface area contributed by atoms with Crippen LogP contribution in [0.15, 0.2) is 35.3 Å². The number of aromatic nitrogens is 3. The van der Waals surface area contributed by atoms with Crippen molar-refractivity contribution in [2.75, 3.05) is 20.3 Å². The second kappa shape index (κ2) is 9.91. The molecule has 0 saturated carbocycles. The largest absolute Gasteiger partial charge is 0.383 e. The van der Waals surface area contributed by atoms with Gasteiger partial charge in [-0.2, -0.15) is 0 Å². The van der Waals surface area contributed by atoms with E-state index in [1.165, 1.54) is 5.56 Å². The highest BCUT2D eigenvalue weighted by Gasteiger charge is 2.15. The lowest BCUT2D eigenvalue weighted by atomic mass is 9.94. The van der Waals surface area contributed by atoms with E-state index < -0.39 is 0 Å². The molecular weight excluding hydrogens is 328 g/mol. The number of hydrogen-bond donors (Lipinski definition) is 2. The van der Waals surface area contributed by atoms with Crippen molar-refractivity contribution in [3.63, 3.8) is 0 Å². The molecule has 1 aromatic heterocycles. The van der Waals surface area contributed by atoms with Gasteiger partial charge in [-0.25, -0.2) is 4.99 Å². The summed E-state index contributed by atoms with van der Waals surface area (Å²) in [5.41, 5.74) is 1.30. The van der Waals surface area contributed by atoms with Gasteiger partial charge in [0.2, 0.25) is 0 Å². The summed E-state index contributed by atoms with van der Waals surface area (Å²) in [6.07, 6.45) is 0. The van der Waals surface area contributed by atoms with Gasteiger partial charge in [-0.1, -0.05) is 37.3 Å². The van der Waals surface area contributed by atoms with E-state index in [1.807, 2.05) is 24.6 Å². The first-order chi connectivity index (χ1) is 12.5. The molecule has 0 amide bonds. The molecule has 26 heavy (non-hydrogen) atoms. The number of rotatable bonds is 8. The highest BCUT2D eigenvalue weighted by atomic mass is 16.5. The van der Waals surface area contributed by atoms with Crippen LogP contribution in [0.3, 0.4) is 0 Å². The summed E-state index contributed by atoms with van der Waals surface area (Å²) >= 11 is 0. The van der Waals surface area contributed by atoms with Gasteiger partial charge < -0.3 is 19.9 Å². The zero-order valence-electron chi connectivity index (χ0n) is 16.4. The van der Waals surface area contributed by atoms with E-state index in [9.17, 15) is 0 Å². The Hall–Kier alpha value is -2.41. The monoisotopic (exact) mass is 358 g/mol. The van der Waals surface area contributed by atoms with Gasteiger partial charge in [-0.15, -0.1) is 10.2 Å². The quantitative estimate of drug-likeness (QED) is 0.429. The van der Waals surface area contributed by atoms with Crippen LogP contribution in [-0.4, -0.2) is 47.0 Å². The lowest BCUT2D eigenvalue weighted by Gasteiger charge is -2.24. The van der Waals surface area contributed by atoms with Gasteiger partial charge in [-0.3, -0.25) is 0 Å². The molecule has 0 saturated heterocycles. The van der Waals surface area contributed by atoms with Crippen molar-refractivity contribution >= 4 is 5.96 Å². The molecular formula is C19H30N6O. The zero-order chi connectivity index (χ0) is 18.9. The van der Waals surface area contributed by atoms with E-state index >= 15 is 0 Å². The molecule has 2 aromatic rings. The van der Waals surface area contributed by atoms with Gasteiger partial charge in [0.05, 0.1) is 6.61 Å². The fourth-order valence-corrected chi connectivity index (χ4v) is 2.55. The van der Waals surface area contributed by atoms with E-state index in [4.69, 9.17) is 4.74 Å².